The van der Waals surface area contributed by atoms with Gasteiger partial charge in [-0.15, -0.1) is 5.73 Å². The first-order valence-corrected chi connectivity index (χ1v) is 3.40. The van der Waals surface area contributed by atoms with Crippen LogP contribution in [-0.2, 0) is 0 Å². The van der Waals surface area contributed by atoms with Crippen molar-refractivity contribution in [1.82, 2.24) is 9.55 Å². The van der Waals surface area contributed by atoms with Gasteiger partial charge in [-0.05, 0) is 13.0 Å². The Hall–Kier alpha value is -1.53. The molecule has 0 unspecified atom stereocenters. The Bertz CT molecular complexity index is 301. The molecule has 0 spiro atoms. The summed E-state index contributed by atoms with van der Waals surface area (Å²) in [6, 6.07) is 0. The van der Waals surface area contributed by atoms with Gasteiger partial charge in [-0.1, -0.05) is 12.7 Å². The highest BCUT2D eigenvalue weighted by atomic mass is 15.0. The van der Waals surface area contributed by atoms with Crippen molar-refractivity contribution in [1.29, 1.82) is 0 Å². The molecule has 11 heavy (non-hydrogen) atoms. The smallest absolute Gasteiger partial charge is 0.136 e. The van der Waals surface area contributed by atoms with E-state index in [2.05, 4.69) is 17.3 Å². The lowest BCUT2D eigenvalue weighted by molar-refractivity contribution is 1.11. The molecule has 0 saturated carbocycles. The molecule has 0 atom stereocenters. The Kier molecular flexibility index (Phi) is 2.47. The maximum Gasteiger partial charge on any atom is 0.136 e. The quantitative estimate of drug-likeness (QED) is 0.585. The molecule has 0 bridgehead atoms. The molecule has 56 valence electrons. The second-order valence-electron chi connectivity index (χ2n) is 2.03. The van der Waals surface area contributed by atoms with E-state index in [0.29, 0.717) is 0 Å². The van der Waals surface area contributed by atoms with Crippen LogP contribution in [0.25, 0.3) is 12.3 Å². The van der Waals surface area contributed by atoms with Crippen LogP contribution in [-0.4, -0.2) is 9.55 Å². The van der Waals surface area contributed by atoms with Gasteiger partial charge in [0.1, 0.15) is 5.82 Å². The third-order valence-electron chi connectivity index (χ3n) is 1.24. The zero-order chi connectivity index (χ0) is 8.10. The van der Waals surface area contributed by atoms with Gasteiger partial charge in [0, 0.05) is 12.4 Å². The molecule has 0 N–H and O–H groups in total. The molecule has 0 fully saturated rings. The highest BCUT2D eigenvalue weighted by molar-refractivity contribution is 5.44. The highest BCUT2D eigenvalue weighted by Crippen LogP contribution is 1.99. The standard InChI is InChI=1S/C9H10N2/c1-3-5-9-10-6-8-11(9)7-4-2/h3,5-8H,2H2,1H3/b5-3-. The number of allylic oxidation sites excluding steroid dienone is 1. The normalized spacial score (nSPS) is 9.91. The summed E-state index contributed by atoms with van der Waals surface area (Å²) >= 11 is 0. The van der Waals surface area contributed by atoms with Gasteiger partial charge in [0.15, 0.2) is 0 Å². The van der Waals surface area contributed by atoms with E-state index in [-0.39, 0.29) is 0 Å². The molecule has 0 aliphatic carbocycles. The van der Waals surface area contributed by atoms with Crippen molar-refractivity contribution in [3.63, 3.8) is 0 Å². The predicted octanol–water partition coefficient (Wildman–Crippen LogP) is 2.17. The van der Waals surface area contributed by atoms with Crippen LogP contribution >= 0.6 is 0 Å². The van der Waals surface area contributed by atoms with Gasteiger partial charge in [0.2, 0.25) is 0 Å². The molecule has 2 nitrogen and oxygen atoms in total. The third kappa shape index (κ3) is 1.69. The van der Waals surface area contributed by atoms with Crippen molar-refractivity contribution in [2.75, 3.05) is 0 Å². The van der Waals surface area contributed by atoms with Crippen LogP contribution in [0.3, 0.4) is 0 Å². The van der Waals surface area contributed by atoms with E-state index in [4.69, 9.17) is 0 Å². The monoisotopic (exact) mass is 146 g/mol. The first-order valence-electron chi connectivity index (χ1n) is 3.40. The summed E-state index contributed by atoms with van der Waals surface area (Å²) < 4.78 is 1.85. The molecular formula is C9H10N2. The summed E-state index contributed by atoms with van der Waals surface area (Å²) in [7, 11) is 0. The number of imidazole rings is 1. The average Bonchev–Trinajstić information content (AvgIpc) is 2.39. The lowest BCUT2D eigenvalue weighted by Crippen LogP contribution is -1.86. The predicted molar refractivity (Wildman–Crippen MR) is 46.8 cm³/mol. The van der Waals surface area contributed by atoms with Crippen molar-refractivity contribution in [2.45, 2.75) is 6.92 Å². The maximum atomic E-state index is 4.10. The minimum absolute atomic E-state index is 0.892. The summed E-state index contributed by atoms with van der Waals surface area (Å²) in [5.74, 6) is 0.892. The van der Waals surface area contributed by atoms with Crippen LogP contribution < -0.4 is 0 Å². The van der Waals surface area contributed by atoms with Crippen molar-refractivity contribution in [2.24, 2.45) is 0 Å². The summed E-state index contributed by atoms with van der Waals surface area (Å²) in [4.78, 5) is 4.10. The minimum Gasteiger partial charge on any atom is -0.300 e. The number of rotatable bonds is 2. The van der Waals surface area contributed by atoms with Gasteiger partial charge in [-0.2, -0.15) is 0 Å². The third-order valence-corrected chi connectivity index (χ3v) is 1.24. The van der Waals surface area contributed by atoms with Gasteiger partial charge in [-0.3, -0.25) is 4.57 Å². The zero-order valence-corrected chi connectivity index (χ0v) is 6.49. The van der Waals surface area contributed by atoms with Crippen LogP contribution in [0.15, 0.2) is 30.8 Å². The molecular weight excluding hydrogens is 136 g/mol. The molecule has 0 aromatic carbocycles. The molecule has 0 aliphatic heterocycles. The maximum absolute atomic E-state index is 4.10. The van der Waals surface area contributed by atoms with Gasteiger partial charge in [-0.25, -0.2) is 4.98 Å². The second-order valence-corrected chi connectivity index (χ2v) is 2.03. The Morgan fingerprint density at radius 2 is 2.55 bits per heavy atom. The topological polar surface area (TPSA) is 17.8 Å². The van der Waals surface area contributed by atoms with E-state index in [1.165, 1.54) is 0 Å². The van der Waals surface area contributed by atoms with Crippen LogP contribution in [0, 0.1) is 0 Å². The van der Waals surface area contributed by atoms with Gasteiger partial charge in [0.05, 0.1) is 6.20 Å². The van der Waals surface area contributed by atoms with E-state index < -0.39 is 0 Å². The van der Waals surface area contributed by atoms with Crippen LogP contribution in [0.4, 0.5) is 0 Å². The Labute approximate surface area is 66.2 Å². The van der Waals surface area contributed by atoms with E-state index in [9.17, 15) is 0 Å². The fourth-order valence-corrected chi connectivity index (χ4v) is 0.810. The molecule has 0 saturated heterocycles. The summed E-state index contributed by atoms with van der Waals surface area (Å²) in [6.07, 6.45) is 9.20. The van der Waals surface area contributed by atoms with E-state index >= 15 is 0 Å². The van der Waals surface area contributed by atoms with Crippen molar-refractivity contribution < 1.29 is 0 Å². The van der Waals surface area contributed by atoms with Gasteiger partial charge >= 0.3 is 0 Å². The molecule has 2 heteroatoms. The first-order chi connectivity index (χ1) is 5.38. The molecule has 1 heterocycles. The van der Waals surface area contributed by atoms with Gasteiger partial charge < -0.3 is 0 Å². The summed E-state index contributed by atoms with van der Waals surface area (Å²) in [6.45, 7) is 5.44. The lowest BCUT2D eigenvalue weighted by Gasteiger charge is -1.92. The minimum atomic E-state index is 0.892. The SMILES string of the molecule is C=C=Cn1ccnc1/C=C\C. The summed E-state index contributed by atoms with van der Waals surface area (Å²) in [5, 5.41) is 0. The number of nitrogens with zero attached hydrogens (tertiary/aromatic N) is 2. The Balaban J connectivity index is 3.04. The largest absolute Gasteiger partial charge is 0.300 e. The fourth-order valence-electron chi connectivity index (χ4n) is 0.810. The van der Waals surface area contributed by atoms with Crippen molar-refractivity contribution in [3.05, 3.63) is 36.6 Å². The summed E-state index contributed by atoms with van der Waals surface area (Å²) in [5.41, 5.74) is 2.68. The van der Waals surface area contributed by atoms with E-state index in [0.717, 1.165) is 5.82 Å². The van der Waals surface area contributed by atoms with Crippen LogP contribution in [0.5, 0.6) is 0 Å². The Morgan fingerprint density at radius 1 is 1.73 bits per heavy atom. The highest BCUT2D eigenvalue weighted by Gasteiger charge is 1.91. The zero-order valence-electron chi connectivity index (χ0n) is 6.49. The average molecular weight is 146 g/mol. The fraction of sp³-hybridized carbons (Fsp3) is 0.111. The molecule has 1 aromatic rings. The molecule has 0 aliphatic rings. The van der Waals surface area contributed by atoms with Crippen LogP contribution in [0.2, 0.25) is 0 Å². The number of hydrogen-bond donors (Lipinski definition) is 0. The van der Waals surface area contributed by atoms with Crippen molar-refractivity contribution >= 4 is 12.3 Å². The molecule has 0 amide bonds. The lowest BCUT2D eigenvalue weighted by atomic mass is 10.5. The van der Waals surface area contributed by atoms with E-state index in [1.807, 2.05) is 29.8 Å². The molecule has 1 rings (SSSR count). The van der Waals surface area contributed by atoms with Crippen LogP contribution in [0.1, 0.15) is 12.7 Å². The number of aromatic nitrogens is 2. The van der Waals surface area contributed by atoms with Gasteiger partial charge in [0.25, 0.3) is 0 Å². The number of hydrogen-bond acceptors (Lipinski definition) is 1. The Morgan fingerprint density at radius 3 is 3.18 bits per heavy atom. The van der Waals surface area contributed by atoms with E-state index in [1.54, 1.807) is 12.4 Å². The molecule has 1 aromatic heterocycles. The molecule has 0 radical (unpaired) electrons. The van der Waals surface area contributed by atoms with Crippen molar-refractivity contribution in [3.8, 4) is 0 Å². The second kappa shape index (κ2) is 3.59. The first kappa shape index (κ1) is 7.58.